The summed E-state index contributed by atoms with van der Waals surface area (Å²) in [4.78, 5) is 0. The van der Waals surface area contributed by atoms with Crippen molar-refractivity contribution in [3.05, 3.63) is 55.7 Å². The molecule has 0 saturated heterocycles. The zero-order chi connectivity index (χ0) is 15.4. The standard InChI is InChI=1S/C15H13Br2ClFNO/c1-2-20-8-9-3-4-14(10(16)5-9)21-15-7-13(19)12(18)6-11(15)17/h3-7,20H,2,8H2,1H3. The van der Waals surface area contributed by atoms with Gasteiger partial charge in [-0.2, -0.15) is 0 Å². The average Bonchev–Trinajstić information content (AvgIpc) is 2.45. The average molecular weight is 438 g/mol. The van der Waals surface area contributed by atoms with Gasteiger partial charge in [-0.1, -0.05) is 24.6 Å². The van der Waals surface area contributed by atoms with Crippen molar-refractivity contribution in [3.63, 3.8) is 0 Å². The Hall–Kier alpha value is -0.620. The van der Waals surface area contributed by atoms with Crippen LogP contribution in [0.25, 0.3) is 0 Å². The summed E-state index contributed by atoms with van der Waals surface area (Å²) in [5.41, 5.74) is 1.14. The third kappa shape index (κ3) is 4.42. The molecule has 6 heteroatoms. The number of hydrogen-bond acceptors (Lipinski definition) is 2. The Bertz CT molecular complexity index is 652. The van der Waals surface area contributed by atoms with Gasteiger partial charge in [0.05, 0.1) is 14.0 Å². The lowest BCUT2D eigenvalue weighted by Gasteiger charge is -2.11. The maximum Gasteiger partial charge on any atom is 0.145 e. The van der Waals surface area contributed by atoms with E-state index in [0.717, 1.165) is 23.1 Å². The van der Waals surface area contributed by atoms with Gasteiger partial charge in [0.15, 0.2) is 0 Å². The van der Waals surface area contributed by atoms with Crippen LogP contribution >= 0.6 is 43.5 Å². The first-order valence-corrected chi connectivity index (χ1v) is 8.29. The van der Waals surface area contributed by atoms with Gasteiger partial charge in [0, 0.05) is 12.6 Å². The molecule has 0 heterocycles. The lowest BCUT2D eigenvalue weighted by atomic mass is 10.2. The maximum atomic E-state index is 13.5. The van der Waals surface area contributed by atoms with E-state index in [-0.39, 0.29) is 5.02 Å². The highest BCUT2D eigenvalue weighted by Gasteiger charge is 2.11. The van der Waals surface area contributed by atoms with Crippen molar-refractivity contribution in [1.82, 2.24) is 5.32 Å². The minimum atomic E-state index is -0.519. The topological polar surface area (TPSA) is 21.3 Å². The second-order valence-electron chi connectivity index (χ2n) is 4.34. The number of rotatable bonds is 5. The molecule has 112 valence electrons. The molecule has 0 aliphatic carbocycles. The van der Waals surface area contributed by atoms with Gasteiger partial charge >= 0.3 is 0 Å². The van der Waals surface area contributed by atoms with Crippen molar-refractivity contribution in [1.29, 1.82) is 0 Å². The summed E-state index contributed by atoms with van der Waals surface area (Å²) in [7, 11) is 0. The minimum absolute atomic E-state index is 0.0503. The Morgan fingerprint density at radius 2 is 1.86 bits per heavy atom. The van der Waals surface area contributed by atoms with Crippen molar-refractivity contribution >= 4 is 43.5 Å². The Balaban J connectivity index is 2.22. The molecule has 2 aromatic rings. The zero-order valence-corrected chi connectivity index (χ0v) is 15.1. The molecular weight excluding hydrogens is 424 g/mol. The van der Waals surface area contributed by atoms with Crippen LogP contribution in [0.15, 0.2) is 39.3 Å². The summed E-state index contributed by atoms with van der Waals surface area (Å²) in [6.45, 7) is 3.75. The van der Waals surface area contributed by atoms with Crippen LogP contribution in [-0.4, -0.2) is 6.54 Å². The van der Waals surface area contributed by atoms with E-state index in [1.165, 1.54) is 12.1 Å². The summed E-state index contributed by atoms with van der Waals surface area (Å²) in [5.74, 6) is 0.462. The third-order valence-electron chi connectivity index (χ3n) is 2.77. The van der Waals surface area contributed by atoms with Crippen LogP contribution in [0.1, 0.15) is 12.5 Å². The van der Waals surface area contributed by atoms with Crippen LogP contribution in [0.3, 0.4) is 0 Å². The predicted octanol–water partition coefficient (Wildman–Crippen LogP) is 5.91. The van der Waals surface area contributed by atoms with Crippen molar-refractivity contribution < 1.29 is 9.13 Å². The molecule has 0 aliphatic rings. The van der Waals surface area contributed by atoms with Crippen LogP contribution in [0.5, 0.6) is 11.5 Å². The minimum Gasteiger partial charge on any atom is -0.455 e. The smallest absolute Gasteiger partial charge is 0.145 e. The zero-order valence-electron chi connectivity index (χ0n) is 11.2. The number of benzene rings is 2. The monoisotopic (exact) mass is 435 g/mol. The molecule has 0 bridgehead atoms. The van der Waals surface area contributed by atoms with Crippen LogP contribution in [0.4, 0.5) is 4.39 Å². The van der Waals surface area contributed by atoms with E-state index in [0.29, 0.717) is 16.0 Å². The summed E-state index contributed by atoms with van der Waals surface area (Å²) < 4.78 is 20.6. The number of ether oxygens (including phenoxy) is 1. The van der Waals surface area contributed by atoms with Crippen molar-refractivity contribution in [3.8, 4) is 11.5 Å². The summed E-state index contributed by atoms with van der Waals surface area (Å²) >= 11 is 12.5. The molecule has 2 nitrogen and oxygen atoms in total. The molecule has 0 spiro atoms. The van der Waals surface area contributed by atoms with Crippen LogP contribution in [0, 0.1) is 5.82 Å². The fourth-order valence-electron chi connectivity index (χ4n) is 1.71. The largest absolute Gasteiger partial charge is 0.455 e. The first-order valence-electron chi connectivity index (χ1n) is 6.32. The van der Waals surface area contributed by atoms with E-state index in [1.807, 2.05) is 18.2 Å². The van der Waals surface area contributed by atoms with Crippen LogP contribution in [0.2, 0.25) is 5.02 Å². The summed E-state index contributed by atoms with van der Waals surface area (Å²) in [5, 5.41) is 3.30. The normalized spacial score (nSPS) is 10.7. The van der Waals surface area contributed by atoms with Gasteiger partial charge in [0.2, 0.25) is 0 Å². The molecule has 1 N–H and O–H groups in total. The van der Waals surface area contributed by atoms with E-state index in [9.17, 15) is 4.39 Å². The van der Waals surface area contributed by atoms with E-state index in [2.05, 4.69) is 44.1 Å². The van der Waals surface area contributed by atoms with Crippen molar-refractivity contribution in [2.24, 2.45) is 0 Å². The maximum absolute atomic E-state index is 13.5. The Morgan fingerprint density at radius 1 is 1.14 bits per heavy atom. The number of halogens is 4. The Morgan fingerprint density at radius 3 is 2.52 bits per heavy atom. The molecule has 0 radical (unpaired) electrons. The lowest BCUT2D eigenvalue weighted by molar-refractivity contribution is 0.470. The highest BCUT2D eigenvalue weighted by molar-refractivity contribution is 9.11. The van der Waals surface area contributed by atoms with Crippen LogP contribution in [-0.2, 0) is 6.54 Å². The SMILES string of the molecule is CCNCc1ccc(Oc2cc(F)c(Cl)cc2Br)c(Br)c1. The highest BCUT2D eigenvalue weighted by atomic mass is 79.9. The molecule has 0 unspecified atom stereocenters. The van der Waals surface area contributed by atoms with E-state index in [1.54, 1.807) is 0 Å². The summed E-state index contributed by atoms with van der Waals surface area (Å²) in [6.07, 6.45) is 0. The molecule has 21 heavy (non-hydrogen) atoms. The molecule has 0 aliphatic heterocycles. The fourth-order valence-corrected chi connectivity index (χ4v) is 2.93. The van der Waals surface area contributed by atoms with Gasteiger partial charge in [-0.25, -0.2) is 4.39 Å². The van der Waals surface area contributed by atoms with Gasteiger partial charge in [0.1, 0.15) is 17.3 Å². The molecule has 2 aromatic carbocycles. The van der Waals surface area contributed by atoms with Crippen molar-refractivity contribution in [2.45, 2.75) is 13.5 Å². The highest BCUT2D eigenvalue weighted by Crippen LogP contribution is 2.36. The fraction of sp³-hybridized carbons (Fsp3) is 0.200. The molecular formula is C15H13Br2ClFNO. The molecule has 0 saturated carbocycles. The molecule has 0 amide bonds. The predicted molar refractivity (Wildman–Crippen MR) is 90.7 cm³/mol. The second-order valence-corrected chi connectivity index (χ2v) is 6.46. The van der Waals surface area contributed by atoms with Gasteiger partial charge in [0.25, 0.3) is 0 Å². The Labute approximate surface area is 144 Å². The van der Waals surface area contributed by atoms with E-state index in [4.69, 9.17) is 16.3 Å². The molecule has 0 atom stereocenters. The molecule has 0 aromatic heterocycles. The first-order chi connectivity index (χ1) is 10.0. The molecule has 0 fully saturated rings. The lowest BCUT2D eigenvalue weighted by Crippen LogP contribution is -2.11. The third-order valence-corrected chi connectivity index (χ3v) is 4.30. The molecule has 2 rings (SSSR count). The quantitative estimate of drug-likeness (QED) is 0.588. The number of hydrogen-bond donors (Lipinski definition) is 1. The van der Waals surface area contributed by atoms with Gasteiger partial charge in [-0.05, 0) is 62.2 Å². The van der Waals surface area contributed by atoms with Gasteiger partial charge < -0.3 is 10.1 Å². The summed E-state index contributed by atoms with van der Waals surface area (Å²) in [6, 6.07) is 8.50. The number of nitrogens with one attached hydrogen (secondary N) is 1. The van der Waals surface area contributed by atoms with Crippen LogP contribution < -0.4 is 10.1 Å². The van der Waals surface area contributed by atoms with E-state index >= 15 is 0 Å². The van der Waals surface area contributed by atoms with E-state index < -0.39 is 5.82 Å². The Kier molecular flexibility index (Phi) is 6.05. The van der Waals surface area contributed by atoms with Gasteiger partial charge in [-0.15, -0.1) is 0 Å². The second kappa shape index (κ2) is 7.58. The van der Waals surface area contributed by atoms with Gasteiger partial charge in [-0.3, -0.25) is 0 Å². The first kappa shape index (κ1) is 16.7. The van der Waals surface area contributed by atoms with Crippen molar-refractivity contribution in [2.75, 3.05) is 6.54 Å².